The van der Waals surface area contributed by atoms with Crippen LogP contribution < -0.4 is 11.5 Å². The smallest absolute Gasteiger partial charge is 0.325 e. The van der Waals surface area contributed by atoms with Crippen LogP contribution in [-0.4, -0.2) is 141 Å². The van der Waals surface area contributed by atoms with Gasteiger partial charge in [-0.15, -0.1) is 0 Å². The second-order valence-corrected chi connectivity index (χ2v) is 9.32. The van der Waals surface area contributed by atoms with E-state index in [1.165, 1.54) is 9.80 Å². The van der Waals surface area contributed by atoms with E-state index >= 15 is 0 Å². The zero-order valence-corrected chi connectivity index (χ0v) is 21.9. The summed E-state index contributed by atoms with van der Waals surface area (Å²) in [6, 6.07) is -3.92. The number of amides is 4. The molecule has 0 spiro atoms. The molecule has 0 aromatic carbocycles. The Labute approximate surface area is 227 Å². The molecule has 0 aromatic rings. The molecule has 0 aromatic heterocycles. The highest BCUT2D eigenvalue weighted by Crippen LogP contribution is 2.18. The third kappa shape index (κ3) is 8.50. The molecule has 2 fully saturated rings. The first-order valence-electron chi connectivity index (χ1n) is 12.0. The molecule has 4 atom stereocenters. The van der Waals surface area contributed by atoms with Gasteiger partial charge in [0, 0.05) is 12.1 Å². The number of aliphatic carboxylic acids is 2. The van der Waals surface area contributed by atoms with E-state index in [9.17, 15) is 38.4 Å². The maximum absolute atomic E-state index is 12.6. The number of carbonyl (C=O) groups excluding carboxylic acids is 6. The number of nitrogens with zero attached hydrogens (tertiary/aromatic N) is 4. The molecule has 2 heterocycles. The predicted octanol–water partition coefficient (Wildman–Crippen LogP) is -4.29. The van der Waals surface area contributed by atoms with Gasteiger partial charge in [0.25, 0.3) is 0 Å². The van der Waals surface area contributed by atoms with Crippen molar-refractivity contribution in [3.05, 3.63) is 0 Å². The molecule has 2 rings (SSSR count). The van der Waals surface area contributed by atoms with Crippen molar-refractivity contribution in [3.63, 3.8) is 0 Å². The molecule has 0 aliphatic carbocycles. The summed E-state index contributed by atoms with van der Waals surface area (Å²) in [5, 5.41) is 17.4. The summed E-state index contributed by atoms with van der Waals surface area (Å²) in [4.78, 5) is 99.8. The molecule has 18 nitrogen and oxygen atoms in total. The monoisotopic (exact) mass is 572 g/mol. The Kier molecular flexibility index (Phi) is 11.2. The minimum Gasteiger partial charge on any atom is -0.481 e. The fourth-order valence-electron chi connectivity index (χ4n) is 3.91. The fraction of sp³-hybridized carbons (Fsp3) is 0.636. The van der Waals surface area contributed by atoms with E-state index in [2.05, 4.69) is 0 Å². The number of nitrogens with two attached hydrogens (primary N) is 2. The third-order valence-electron chi connectivity index (χ3n) is 6.47. The van der Waals surface area contributed by atoms with Crippen LogP contribution >= 0.6 is 0 Å². The number of carboxylic acids is 2. The molecule has 6 N–H and O–H groups in total. The lowest BCUT2D eigenvalue weighted by Crippen LogP contribution is -2.63. The molecular weight excluding hydrogens is 540 g/mol. The minimum atomic E-state index is -1.46. The number of carboxylic acid groups (broad SMARTS) is 2. The Morgan fingerprint density at radius 2 is 0.950 bits per heavy atom. The Morgan fingerprint density at radius 1 is 0.675 bits per heavy atom. The van der Waals surface area contributed by atoms with Crippen LogP contribution in [0.4, 0.5) is 0 Å². The van der Waals surface area contributed by atoms with E-state index in [1.807, 2.05) is 0 Å². The quantitative estimate of drug-likeness (QED) is 0.120. The van der Waals surface area contributed by atoms with Crippen molar-refractivity contribution in [1.29, 1.82) is 0 Å². The van der Waals surface area contributed by atoms with Crippen molar-refractivity contribution in [1.82, 2.24) is 19.6 Å². The van der Waals surface area contributed by atoms with Crippen LogP contribution in [0.5, 0.6) is 0 Å². The first-order valence-corrected chi connectivity index (χ1v) is 12.0. The van der Waals surface area contributed by atoms with Crippen molar-refractivity contribution >= 4 is 47.5 Å². The van der Waals surface area contributed by atoms with Gasteiger partial charge in [-0.3, -0.25) is 48.2 Å². The number of esters is 2. The fourth-order valence-corrected chi connectivity index (χ4v) is 3.91. The number of imide groups is 2. The zero-order chi connectivity index (χ0) is 30.3. The molecule has 40 heavy (non-hydrogen) atoms. The van der Waals surface area contributed by atoms with Gasteiger partial charge in [0.15, 0.2) is 13.5 Å². The molecule has 0 bridgehead atoms. The number of carbonyl (C=O) groups is 8. The summed E-state index contributed by atoms with van der Waals surface area (Å²) in [5.41, 5.74) is 10.8. The highest BCUT2D eigenvalue weighted by Gasteiger charge is 2.40. The largest absolute Gasteiger partial charge is 0.481 e. The van der Waals surface area contributed by atoms with E-state index in [0.717, 1.165) is 0 Å². The Hall–Kier alpha value is -4.00. The summed E-state index contributed by atoms with van der Waals surface area (Å²) in [5.74, 6) is -7.55. The molecule has 4 amide bonds. The van der Waals surface area contributed by atoms with Gasteiger partial charge in [0.05, 0.1) is 39.0 Å². The van der Waals surface area contributed by atoms with Crippen LogP contribution in [0.1, 0.15) is 26.7 Å². The lowest BCUT2D eigenvalue weighted by Gasteiger charge is -2.43. The molecule has 0 radical (unpaired) electrons. The second-order valence-electron chi connectivity index (χ2n) is 9.32. The molecule has 222 valence electrons. The molecule has 18 heteroatoms. The summed E-state index contributed by atoms with van der Waals surface area (Å²) in [6.45, 7) is 0.956. The van der Waals surface area contributed by atoms with Gasteiger partial charge < -0.3 is 31.2 Å². The number of hydrogen-bond donors (Lipinski definition) is 4. The second kappa shape index (κ2) is 13.9. The highest BCUT2D eigenvalue weighted by molar-refractivity contribution is 6.00. The van der Waals surface area contributed by atoms with Crippen molar-refractivity contribution in [3.8, 4) is 0 Å². The summed E-state index contributed by atoms with van der Waals surface area (Å²) < 4.78 is 9.62. The normalized spacial score (nSPS) is 20.1. The first-order chi connectivity index (χ1) is 18.6. The topological polar surface area (TPSA) is 260 Å². The Morgan fingerprint density at radius 3 is 1.20 bits per heavy atom. The minimum absolute atomic E-state index is 0.246. The summed E-state index contributed by atoms with van der Waals surface area (Å²) in [6.07, 6.45) is -1.37. The first kappa shape index (κ1) is 32.2. The molecular formula is C22H32N6O12. The lowest BCUT2D eigenvalue weighted by molar-refractivity contribution is -0.169. The summed E-state index contributed by atoms with van der Waals surface area (Å²) in [7, 11) is 0. The Balaban J connectivity index is 1.90. The number of rotatable bonds is 13. The van der Waals surface area contributed by atoms with Crippen LogP contribution in [0.25, 0.3) is 0 Å². The van der Waals surface area contributed by atoms with Crippen molar-refractivity contribution in [2.45, 2.75) is 50.9 Å². The van der Waals surface area contributed by atoms with Gasteiger partial charge >= 0.3 is 23.9 Å². The van der Waals surface area contributed by atoms with E-state index in [4.69, 9.17) is 31.2 Å². The van der Waals surface area contributed by atoms with Gasteiger partial charge in [-0.25, -0.2) is 9.80 Å². The Bertz CT molecular complexity index is 949. The SMILES string of the molecule is CC(C(C)N1CC(=O)N(COC(=O)C(N)CC(=O)O)C(=O)C1)N1CC(=O)N(COC(=O)C(N)CC(=O)O)C(=O)C1. The van der Waals surface area contributed by atoms with Gasteiger partial charge in [-0.05, 0) is 13.8 Å². The maximum Gasteiger partial charge on any atom is 0.325 e. The average molecular weight is 573 g/mol. The number of ether oxygens (including phenoxy) is 2. The molecule has 2 aliphatic heterocycles. The average Bonchev–Trinajstić information content (AvgIpc) is 2.85. The van der Waals surface area contributed by atoms with E-state index in [-0.39, 0.29) is 26.2 Å². The van der Waals surface area contributed by atoms with Crippen molar-refractivity contribution in [2.24, 2.45) is 11.5 Å². The zero-order valence-electron chi connectivity index (χ0n) is 21.9. The highest BCUT2D eigenvalue weighted by atomic mass is 16.6. The molecule has 2 aliphatic rings. The van der Waals surface area contributed by atoms with Crippen molar-refractivity contribution < 1.29 is 58.0 Å². The maximum atomic E-state index is 12.6. The van der Waals surface area contributed by atoms with E-state index < -0.39 is 98.0 Å². The van der Waals surface area contributed by atoms with Crippen LogP contribution in [0, 0.1) is 0 Å². The van der Waals surface area contributed by atoms with Gasteiger partial charge in [-0.1, -0.05) is 0 Å². The van der Waals surface area contributed by atoms with Gasteiger partial charge in [0.2, 0.25) is 23.6 Å². The standard InChI is InChI=1S/C22H32N6O12/c1-11(25-5-15(29)27(16(30)6-25)9-39-21(37)13(23)3-19(33)34)12(2)26-7-17(31)28(18(32)8-26)10-40-22(38)14(24)4-20(35)36/h11-14H,3-10,23-24H2,1-2H3,(H,33,34)(H,35,36). The molecule has 4 unspecified atom stereocenters. The van der Waals surface area contributed by atoms with Crippen LogP contribution in [0.15, 0.2) is 0 Å². The van der Waals surface area contributed by atoms with Gasteiger partial charge in [-0.2, -0.15) is 0 Å². The third-order valence-corrected chi connectivity index (χ3v) is 6.47. The number of piperazine rings is 2. The van der Waals surface area contributed by atoms with Crippen LogP contribution in [0.2, 0.25) is 0 Å². The molecule has 0 saturated carbocycles. The van der Waals surface area contributed by atoms with Crippen LogP contribution in [0.3, 0.4) is 0 Å². The summed E-state index contributed by atoms with van der Waals surface area (Å²) >= 11 is 0. The predicted molar refractivity (Wildman–Crippen MR) is 128 cm³/mol. The molecule has 2 saturated heterocycles. The van der Waals surface area contributed by atoms with Crippen molar-refractivity contribution in [2.75, 3.05) is 39.6 Å². The van der Waals surface area contributed by atoms with E-state index in [1.54, 1.807) is 13.8 Å². The number of hydrogen-bond acceptors (Lipinski definition) is 14. The lowest BCUT2D eigenvalue weighted by atomic mass is 10.1. The van der Waals surface area contributed by atoms with E-state index in [0.29, 0.717) is 9.80 Å². The van der Waals surface area contributed by atoms with Gasteiger partial charge in [0.1, 0.15) is 12.1 Å². The van der Waals surface area contributed by atoms with Crippen LogP contribution in [-0.2, 0) is 47.8 Å².